The third-order valence-electron chi connectivity index (χ3n) is 5.30. The highest BCUT2D eigenvalue weighted by atomic mass is 16.2. The number of piperidine rings is 1. The minimum Gasteiger partial charge on any atom is -0.343 e. The summed E-state index contributed by atoms with van der Waals surface area (Å²) < 4.78 is 0. The van der Waals surface area contributed by atoms with Gasteiger partial charge in [0, 0.05) is 38.0 Å². The van der Waals surface area contributed by atoms with Gasteiger partial charge in [-0.2, -0.15) is 0 Å². The van der Waals surface area contributed by atoms with Gasteiger partial charge in [-0.25, -0.2) is 0 Å². The van der Waals surface area contributed by atoms with Crippen LogP contribution >= 0.6 is 0 Å². The summed E-state index contributed by atoms with van der Waals surface area (Å²) >= 11 is 0. The Hall–Kier alpha value is -1.84. The average Bonchev–Trinajstić information content (AvgIpc) is 2.62. The number of nitrogens with zero attached hydrogens (tertiary/aromatic N) is 2. The van der Waals surface area contributed by atoms with Gasteiger partial charge in [-0.3, -0.25) is 9.59 Å². The van der Waals surface area contributed by atoms with E-state index in [9.17, 15) is 9.59 Å². The van der Waals surface area contributed by atoms with E-state index in [1.165, 1.54) is 5.56 Å². The van der Waals surface area contributed by atoms with Crippen LogP contribution in [-0.2, 0) is 16.0 Å². The Morgan fingerprint density at radius 2 is 1.69 bits per heavy atom. The quantitative estimate of drug-likeness (QED) is 0.745. The van der Waals surface area contributed by atoms with Gasteiger partial charge in [0.25, 0.3) is 0 Å². The third kappa shape index (κ3) is 5.86. The molecule has 4 heteroatoms. The van der Waals surface area contributed by atoms with Gasteiger partial charge in [0.15, 0.2) is 0 Å². The predicted octanol–water partition coefficient (Wildman–Crippen LogP) is 3.75. The highest BCUT2D eigenvalue weighted by Crippen LogP contribution is 2.22. The molecule has 0 bridgehead atoms. The Kier molecular flexibility index (Phi) is 7.67. The van der Waals surface area contributed by atoms with Crippen molar-refractivity contribution in [3.63, 3.8) is 0 Å². The molecule has 2 amide bonds. The summed E-state index contributed by atoms with van der Waals surface area (Å²) in [5.74, 6) is 0.956. The van der Waals surface area contributed by atoms with Gasteiger partial charge in [-0.1, -0.05) is 44.2 Å². The van der Waals surface area contributed by atoms with E-state index >= 15 is 0 Å². The van der Waals surface area contributed by atoms with Crippen molar-refractivity contribution < 1.29 is 9.59 Å². The van der Waals surface area contributed by atoms with E-state index in [0.29, 0.717) is 18.9 Å². The molecule has 1 saturated heterocycles. The molecule has 1 fully saturated rings. The maximum atomic E-state index is 12.6. The molecule has 1 aliphatic heterocycles. The van der Waals surface area contributed by atoms with Crippen LogP contribution < -0.4 is 0 Å². The zero-order valence-electron chi connectivity index (χ0n) is 16.8. The Balaban J connectivity index is 1.78. The summed E-state index contributed by atoms with van der Waals surface area (Å²) in [6, 6.07) is 10.7. The lowest BCUT2D eigenvalue weighted by atomic mass is 9.90. The number of benzene rings is 1. The SMILES string of the molecule is CC(C)C(=O)N(CCC(=O)N1CCC(Cc2ccccc2)CC1)C(C)C. The van der Waals surface area contributed by atoms with Crippen molar-refractivity contribution in [2.45, 2.75) is 59.4 Å². The topological polar surface area (TPSA) is 40.6 Å². The first-order valence-corrected chi connectivity index (χ1v) is 10.0. The number of rotatable bonds is 7. The summed E-state index contributed by atoms with van der Waals surface area (Å²) in [7, 11) is 0. The molecule has 144 valence electrons. The van der Waals surface area contributed by atoms with E-state index in [4.69, 9.17) is 0 Å². The number of carbonyl (C=O) groups is 2. The summed E-state index contributed by atoms with van der Waals surface area (Å²) in [6.45, 7) is 10.1. The average molecular weight is 359 g/mol. The summed E-state index contributed by atoms with van der Waals surface area (Å²) in [5, 5.41) is 0. The Bertz CT molecular complexity index is 575. The minimum absolute atomic E-state index is 0.0266. The zero-order chi connectivity index (χ0) is 19.1. The van der Waals surface area contributed by atoms with Gasteiger partial charge in [0.2, 0.25) is 11.8 Å². The van der Waals surface area contributed by atoms with Crippen LogP contribution in [0.4, 0.5) is 0 Å². The van der Waals surface area contributed by atoms with Crippen molar-refractivity contribution >= 4 is 11.8 Å². The molecule has 0 spiro atoms. The molecule has 1 heterocycles. The lowest BCUT2D eigenvalue weighted by Gasteiger charge is -2.33. The van der Waals surface area contributed by atoms with E-state index in [0.717, 1.165) is 32.4 Å². The number of amides is 2. The van der Waals surface area contributed by atoms with Crippen molar-refractivity contribution in [2.75, 3.05) is 19.6 Å². The molecular weight excluding hydrogens is 324 g/mol. The van der Waals surface area contributed by atoms with Gasteiger partial charge in [0.05, 0.1) is 0 Å². The van der Waals surface area contributed by atoms with E-state index in [2.05, 4.69) is 30.3 Å². The van der Waals surface area contributed by atoms with Crippen molar-refractivity contribution in [1.29, 1.82) is 0 Å². The van der Waals surface area contributed by atoms with Gasteiger partial charge in [-0.05, 0) is 44.6 Å². The molecule has 0 atom stereocenters. The van der Waals surface area contributed by atoms with Crippen LogP contribution in [0.25, 0.3) is 0 Å². The van der Waals surface area contributed by atoms with Gasteiger partial charge in [0.1, 0.15) is 0 Å². The summed E-state index contributed by atoms with van der Waals surface area (Å²) in [5.41, 5.74) is 1.39. The number of hydrogen-bond donors (Lipinski definition) is 0. The molecule has 26 heavy (non-hydrogen) atoms. The van der Waals surface area contributed by atoms with E-state index < -0.39 is 0 Å². The molecule has 2 rings (SSSR count). The molecule has 0 N–H and O–H groups in total. The maximum Gasteiger partial charge on any atom is 0.225 e. The predicted molar refractivity (Wildman–Crippen MR) is 106 cm³/mol. The molecule has 4 nitrogen and oxygen atoms in total. The molecule has 1 aliphatic rings. The van der Waals surface area contributed by atoms with E-state index in [-0.39, 0.29) is 23.8 Å². The summed E-state index contributed by atoms with van der Waals surface area (Å²) in [4.78, 5) is 28.7. The Morgan fingerprint density at radius 1 is 1.08 bits per heavy atom. The molecular formula is C22H34N2O2. The van der Waals surface area contributed by atoms with Crippen LogP contribution in [0.5, 0.6) is 0 Å². The number of hydrogen-bond acceptors (Lipinski definition) is 2. The normalized spacial score (nSPS) is 15.5. The fourth-order valence-electron chi connectivity index (χ4n) is 3.66. The Morgan fingerprint density at radius 3 is 2.23 bits per heavy atom. The molecule has 1 aromatic rings. The van der Waals surface area contributed by atoms with Gasteiger partial charge in [-0.15, -0.1) is 0 Å². The van der Waals surface area contributed by atoms with Crippen LogP contribution in [0.2, 0.25) is 0 Å². The highest BCUT2D eigenvalue weighted by molar-refractivity contribution is 5.80. The second-order valence-electron chi connectivity index (χ2n) is 8.04. The van der Waals surface area contributed by atoms with Crippen LogP contribution in [0.15, 0.2) is 30.3 Å². The minimum atomic E-state index is -0.0266. The second-order valence-corrected chi connectivity index (χ2v) is 8.04. The fraction of sp³-hybridized carbons (Fsp3) is 0.636. The van der Waals surface area contributed by atoms with E-state index in [1.807, 2.05) is 37.5 Å². The van der Waals surface area contributed by atoms with Gasteiger partial charge < -0.3 is 9.80 Å². The van der Waals surface area contributed by atoms with Crippen molar-refractivity contribution in [3.8, 4) is 0 Å². The van der Waals surface area contributed by atoms with Crippen molar-refractivity contribution in [2.24, 2.45) is 11.8 Å². The third-order valence-corrected chi connectivity index (χ3v) is 5.30. The van der Waals surface area contributed by atoms with Crippen LogP contribution in [0.3, 0.4) is 0 Å². The van der Waals surface area contributed by atoms with Crippen LogP contribution in [-0.4, -0.2) is 47.3 Å². The zero-order valence-corrected chi connectivity index (χ0v) is 16.8. The number of likely N-dealkylation sites (tertiary alicyclic amines) is 1. The lowest BCUT2D eigenvalue weighted by Crippen LogP contribution is -2.44. The summed E-state index contributed by atoms with van der Waals surface area (Å²) in [6.07, 6.45) is 3.67. The molecule has 0 aromatic heterocycles. The lowest BCUT2D eigenvalue weighted by molar-refractivity contribution is -0.138. The van der Waals surface area contributed by atoms with Crippen molar-refractivity contribution in [1.82, 2.24) is 9.80 Å². The molecule has 0 saturated carbocycles. The maximum absolute atomic E-state index is 12.6. The van der Waals surface area contributed by atoms with Crippen LogP contribution in [0.1, 0.15) is 52.5 Å². The second kappa shape index (κ2) is 9.75. The molecule has 0 unspecified atom stereocenters. The Labute approximate surface area is 158 Å². The smallest absolute Gasteiger partial charge is 0.225 e. The fourth-order valence-corrected chi connectivity index (χ4v) is 3.66. The first-order valence-electron chi connectivity index (χ1n) is 10.0. The monoisotopic (exact) mass is 358 g/mol. The molecule has 1 aromatic carbocycles. The van der Waals surface area contributed by atoms with Crippen LogP contribution in [0, 0.1) is 11.8 Å². The largest absolute Gasteiger partial charge is 0.343 e. The first-order chi connectivity index (χ1) is 12.4. The molecule has 0 radical (unpaired) electrons. The number of carbonyl (C=O) groups excluding carboxylic acids is 2. The highest BCUT2D eigenvalue weighted by Gasteiger charge is 2.25. The van der Waals surface area contributed by atoms with Gasteiger partial charge >= 0.3 is 0 Å². The molecule has 0 aliphatic carbocycles. The first kappa shape index (κ1) is 20.5. The standard InChI is InChI=1S/C22H34N2O2/c1-17(2)22(26)24(18(3)4)15-12-21(25)23-13-10-20(11-14-23)16-19-8-6-5-7-9-19/h5-9,17-18,20H,10-16H2,1-4H3. The van der Waals surface area contributed by atoms with E-state index in [1.54, 1.807) is 0 Å². The van der Waals surface area contributed by atoms with Crippen molar-refractivity contribution in [3.05, 3.63) is 35.9 Å².